The number of rotatable bonds is 6. The van der Waals surface area contributed by atoms with Crippen LogP contribution in [0.3, 0.4) is 0 Å². The molecule has 2 aromatic rings. The summed E-state index contributed by atoms with van der Waals surface area (Å²) in [5.74, 6) is 1.10. The summed E-state index contributed by atoms with van der Waals surface area (Å²) in [6.45, 7) is 13.6. The van der Waals surface area contributed by atoms with Crippen LogP contribution in [-0.4, -0.2) is 15.0 Å². The van der Waals surface area contributed by atoms with Gasteiger partial charge in [-0.3, -0.25) is 0 Å². The third-order valence-corrected chi connectivity index (χ3v) is 6.01. The van der Waals surface area contributed by atoms with E-state index in [2.05, 4.69) is 22.5 Å². The monoisotopic (exact) mass is 438 g/mol. The summed E-state index contributed by atoms with van der Waals surface area (Å²) in [5.41, 5.74) is 4.11. The molecule has 0 bridgehead atoms. The van der Waals surface area contributed by atoms with Gasteiger partial charge in [0.1, 0.15) is 23.0 Å². The molecule has 6 heteroatoms. The van der Waals surface area contributed by atoms with Crippen LogP contribution in [0.5, 0.6) is 11.5 Å². The van der Waals surface area contributed by atoms with Gasteiger partial charge in [-0.2, -0.15) is 8.42 Å². The van der Waals surface area contributed by atoms with Crippen molar-refractivity contribution in [2.24, 2.45) is 0 Å². The van der Waals surface area contributed by atoms with Crippen molar-refractivity contribution in [3.05, 3.63) is 63.1 Å². The van der Waals surface area contributed by atoms with E-state index < -0.39 is 10.1 Å². The minimum absolute atomic E-state index is 0.109. The smallest absolute Gasteiger partial charge is 0.339 e. The number of benzene rings is 2. The molecule has 2 aromatic carbocycles. The molecule has 2 rings (SSSR count). The maximum atomic E-state index is 12.7. The normalized spacial score (nSPS) is 11.3. The van der Waals surface area contributed by atoms with Gasteiger partial charge in [0, 0.05) is 4.47 Å². The average Bonchev–Trinajstić information content (AvgIpc) is 2.57. The van der Waals surface area contributed by atoms with Gasteiger partial charge in [-0.25, -0.2) is 0 Å². The predicted octanol–water partition coefficient (Wildman–Crippen LogP) is 5.41. The molecule has 0 spiro atoms. The van der Waals surface area contributed by atoms with E-state index in [0.717, 1.165) is 38.0 Å². The summed E-state index contributed by atoms with van der Waals surface area (Å²) in [5, 5.41) is 0. The van der Waals surface area contributed by atoms with Crippen LogP contribution >= 0.6 is 15.9 Å². The first-order valence-corrected chi connectivity index (χ1v) is 10.3. The third kappa shape index (κ3) is 4.30. The predicted molar refractivity (Wildman–Crippen MR) is 108 cm³/mol. The molecule has 0 unspecified atom stereocenters. The van der Waals surface area contributed by atoms with Gasteiger partial charge < -0.3 is 8.92 Å². The molecular weight excluding hydrogens is 416 g/mol. The highest BCUT2D eigenvalue weighted by Crippen LogP contribution is 2.38. The second-order valence-corrected chi connectivity index (χ2v) is 8.86. The van der Waals surface area contributed by atoms with Crippen LogP contribution in [0.1, 0.15) is 29.2 Å². The summed E-state index contributed by atoms with van der Waals surface area (Å²) >= 11 is 3.30. The van der Waals surface area contributed by atoms with Gasteiger partial charge in [0.2, 0.25) is 0 Å². The second kappa shape index (κ2) is 7.84. The quantitative estimate of drug-likeness (QED) is 0.447. The number of ether oxygens (including phenoxy) is 1. The van der Waals surface area contributed by atoms with Crippen LogP contribution in [0, 0.1) is 27.7 Å². The van der Waals surface area contributed by atoms with Crippen molar-refractivity contribution in [2.75, 3.05) is 6.61 Å². The highest BCUT2D eigenvalue weighted by molar-refractivity contribution is 9.10. The zero-order chi connectivity index (χ0) is 19.6. The second-order valence-electron chi connectivity index (χ2n) is 6.40. The minimum Gasteiger partial charge on any atom is -0.489 e. The zero-order valence-electron chi connectivity index (χ0n) is 15.6. The molecular formula is C20H23BrO4S. The van der Waals surface area contributed by atoms with Crippen molar-refractivity contribution >= 4 is 26.0 Å². The van der Waals surface area contributed by atoms with Crippen molar-refractivity contribution in [1.82, 2.24) is 0 Å². The van der Waals surface area contributed by atoms with E-state index in [-0.39, 0.29) is 4.90 Å². The lowest BCUT2D eigenvalue weighted by Gasteiger charge is -2.20. The van der Waals surface area contributed by atoms with Gasteiger partial charge in [0.15, 0.2) is 0 Å². The fraction of sp³-hybridized carbons (Fsp3) is 0.300. The summed E-state index contributed by atoms with van der Waals surface area (Å²) in [6, 6.07) is 6.35. The minimum atomic E-state index is -3.92. The van der Waals surface area contributed by atoms with Gasteiger partial charge in [0.05, 0.1) is 0 Å². The van der Waals surface area contributed by atoms with Crippen molar-refractivity contribution < 1.29 is 17.3 Å². The molecule has 0 N–H and O–H groups in total. The van der Waals surface area contributed by atoms with Crippen LogP contribution in [0.4, 0.5) is 0 Å². The van der Waals surface area contributed by atoms with E-state index in [4.69, 9.17) is 8.92 Å². The SMILES string of the molecule is C=C(C)COc1c(C)c(C)c(OS(=O)(=O)c2ccc(Br)cc2)c(C)c1C. The van der Waals surface area contributed by atoms with E-state index in [0.29, 0.717) is 12.4 Å². The Bertz CT molecular complexity index is 916. The molecule has 0 aliphatic heterocycles. The Morgan fingerprint density at radius 2 is 1.42 bits per heavy atom. The van der Waals surface area contributed by atoms with Crippen LogP contribution < -0.4 is 8.92 Å². The number of halogens is 1. The molecule has 0 heterocycles. The van der Waals surface area contributed by atoms with E-state index in [1.165, 1.54) is 12.1 Å². The van der Waals surface area contributed by atoms with E-state index in [1.54, 1.807) is 12.1 Å². The summed E-state index contributed by atoms with van der Waals surface area (Å²) in [6.07, 6.45) is 0. The lowest BCUT2D eigenvalue weighted by molar-refractivity contribution is 0.346. The average molecular weight is 439 g/mol. The molecule has 26 heavy (non-hydrogen) atoms. The third-order valence-electron chi connectivity index (χ3n) is 4.25. The van der Waals surface area contributed by atoms with Crippen LogP contribution in [0.25, 0.3) is 0 Å². The number of hydrogen-bond acceptors (Lipinski definition) is 4. The Labute approximate surface area is 164 Å². The van der Waals surface area contributed by atoms with Crippen molar-refractivity contribution in [1.29, 1.82) is 0 Å². The topological polar surface area (TPSA) is 52.6 Å². The fourth-order valence-electron chi connectivity index (χ4n) is 2.54. The maximum absolute atomic E-state index is 12.7. The Kier molecular flexibility index (Phi) is 6.19. The Balaban J connectivity index is 2.47. The molecule has 0 atom stereocenters. The largest absolute Gasteiger partial charge is 0.489 e. The van der Waals surface area contributed by atoms with Crippen LogP contribution in [0.2, 0.25) is 0 Å². The summed E-state index contributed by atoms with van der Waals surface area (Å²) in [7, 11) is -3.92. The van der Waals surface area contributed by atoms with Crippen molar-refractivity contribution in [2.45, 2.75) is 39.5 Å². The zero-order valence-corrected chi connectivity index (χ0v) is 18.0. The first-order valence-electron chi connectivity index (χ1n) is 8.12. The molecule has 4 nitrogen and oxygen atoms in total. The highest BCUT2D eigenvalue weighted by atomic mass is 79.9. The molecule has 0 aliphatic rings. The summed E-state index contributed by atoms with van der Waals surface area (Å²) < 4.78 is 37.5. The molecule has 0 saturated heterocycles. The molecule has 140 valence electrons. The van der Waals surface area contributed by atoms with E-state index in [1.807, 2.05) is 34.6 Å². The number of hydrogen-bond donors (Lipinski definition) is 0. The van der Waals surface area contributed by atoms with E-state index >= 15 is 0 Å². The lowest BCUT2D eigenvalue weighted by Crippen LogP contribution is -2.13. The van der Waals surface area contributed by atoms with Gasteiger partial charge in [-0.15, -0.1) is 0 Å². The molecule has 0 aliphatic carbocycles. The molecule has 0 aromatic heterocycles. The van der Waals surface area contributed by atoms with Gasteiger partial charge >= 0.3 is 10.1 Å². The van der Waals surface area contributed by atoms with Gasteiger partial charge in [-0.05, 0) is 86.7 Å². The molecule has 0 fully saturated rings. The summed E-state index contributed by atoms with van der Waals surface area (Å²) in [4.78, 5) is 0.109. The van der Waals surface area contributed by atoms with Gasteiger partial charge in [-0.1, -0.05) is 22.5 Å². The Morgan fingerprint density at radius 1 is 0.962 bits per heavy atom. The van der Waals surface area contributed by atoms with Gasteiger partial charge in [0.25, 0.3) is 0 Å². The Morgan fingerprint density at radius 3 is 1.88 bits per heavy atom. The first kappa shape index (κ1) is 20.5. The maximum Gasteiger partial charge on any atom is 0.339 e. The fourth-order valence-corrected chi connectivity index (χ4v) is 3.84. The molecule has 0 radical (unpaired) electrons. The van der Waals surface area contributed by atoms with Crippen LogP contribution in [0.15, 0.2) is 45.8 Å². The molecule has 0 saturated carbocycles. The highest BCUT2D eigenvalue weighted by Gasteiger charge is 2.23. The molecule has 0 amide bonds. The van der Waals surface area contributed by atoms with Crippen molar-refractivity contribution in [3.63, 3.8) is 0 Å². The standard InChI is InChI=1S/C20H23BrO4S/c1-12(2)11-24-19-13(3)15(5)20(16(6)14(19)4)25-26(22,23)18-9-7-17(21)8-10-18/h7-10H,1,11H2,2-6H3. The van der Waals surface area contributed by atoms with E-state index in [9.17, 15) is 8.42 Å². The first-order chi connectivity index (χ1) is 12.0. The van der Waals surface area contributed by atoms with Crippen LogP contribution in [-0.2, 0) is 10.1 Å². The Hall–Kier alpha value is -1.79. The van der Waals surface area contributed by atoms with Crippen molar-refractivity contribution in [3.8, 4) is 11.5 Å². The lowest BCUT2D eigenvalue weighted by atomic mass is 9.98.